The van der Waals surface area contributed by atoms with Gasteiger partial charge in [-0.2, -0.15) is 0 Å². The SMILES string of the molecule is O=c1c2ccccc2sc2c(OCC3CO3)ccc(F)c12. The number of halogens is 1. The standard InChI is InChI=1S/C16H11FO3S/c17-11-5-6-12(20-8-9-7-19-9)16-14(11)15(18)10-3-1-2-4-13(10)21-16/h1-6,9H,7-8H2. The third-order valence-corrected chi connectivity index (χ3v) is 4.65. The first-order valence-corrected chi connectivity index (χ1v) is 7.44. The topological polar surface area (TPSA) is 38.8 Å². The van der Waals surface area contributed by atoms with Gasteiger partial charge in [0, 0.05) is 10.1 Å². The van der Waals surface area contributed by atoms with Crippen molar-refractivity contribution in [3.05, 3.63) is 52.4 Å². The van der Waals surface area contributed by atoms with E-state index in [1.165, 1.54) is 17.4 Å². The zero-order valence-corrected chi connectivity index (χ0v) is 11.8. The summed E-state index contributed by atoms with van der Waals surface area (Å²) in [5, 5.41) is 0.643. The van der Waals surface area contributed by atoms with Gasteiger partial charge < -0.3 is 9.47 Å². The third kappa shape index (κ3) is 2.18. The molecule has 0 amide bonds. The quantitative estimate of drug-likeness (QED) is 0.550. The van der Waals surface area contributed by atoms with Crippen LogP contribution in [0.15, 0.2) is 41.2 Å². The maximum absolute atomic E-state index is 14.1. The highest BCUT2D eigenvalue weighted by atomic mass is 32.1. The van der Waals surface area contributed by atoms with Crippen molar-refractivity contribution in [1.82, 2.24) is 0 Å². The smallest absolute Gasteiger partial charge is 0.198 e. The average Bonchev–Trinajstić information content (AvgIpc) is 3.31. The minimum atomic E-state index is -0.507. The second-order valence-electron chi connectivity index (χ2n) is 4.94. The van der Waals surface area contributed by atoms with E-state index in [4.69, 9.17) is 9.47 Å². The highest BCUT2D eigenvalue weighted by Crippen LogP contribution is 2.33. The first kappa shape index (κ1) is 12.7. The van der Waals surface area contributed by atoms with Crippen LogP contribution in [0.25, 0.3) is 20.2 Å². The van der Waals surface area contributed by atoms with Gasteiger partial charge in [-0.3, -0.25) is 4.79 Å². The molecule has 106 valence electrons. The van der Waals surface area contributed by atoms with Crippen LogP contribution in [-0.2, 0) is 4.74 Å². The minimum Gasteiger partial charge on any atom is -0.489 e. The lowest BCUT2D eigenvalue weighted by atomic mass is 10.1. The van der Waals surface area contributed by atoms with E-state index in [9.17, 15) is 9.18 Å². The first-order chi connectivity index (χ1) is 10.2. The monoisotopic (exact) mass is 302 g/mol. The molecular weight excluding hydrogens is 291 g/mol. The molecule has 0 spiro atoms. The second-order valence-corrected chi connectivity index (χ2v) is 6.00. The van der Waals surface area contributed by atoms with Gasteiger partial charge >= 0.3 is 0 Å². The Morgan fingerprint density at radius 1 is 1.29 bits per heavy atom. The average molecular weight is 302 g/mol. The predicted octanol–water partition coefficient (Wildman–Crippen LogP) is 3.33. The molecule has 1 fully saturated rings. The van der Waals surface area contributed by atoms with Gasteiger partial charge in [0.25, 0.3) is 0 Å². The summed E-state index contributed by atoms with van der Waals surface area (Å²) in [5.41, 5.74) is -0.287. The lowest BCUT2D eigenvalue weighted by Gasteiger charge is -2.09. The lowest BCUT2D eigenvalue weighted by molar-refractivity contribution is 0.265. The molecule has 1 saturated heterocycles. The van der Waals surface area contributed by atoms with Crippen molar-refractivity contribution in [3.8, 4) is 5.75 Å². The van der Waals surface area contributed by atoms with Crippen LogP contribution in [0.3, 0.4) is 0 Å². The van der Waals surface area contributed by atoms with Crippen molar-refractivity contribution in [2.24, 2.45) is 0 Å². The van der Waals surface area contributed by atoms with Crippen LogP contribution in [0.4, 0.5) is 4.39 Å². The van der Waals surface area contributed by atoms with Crippen molar-refractivity contribution >= 4 is 31.5 Å². The molecule has 2 aromatic carbocycles. The second kappa shape index (κ2) is 4.79. The fourth-order valence-corrected chi connectivity index (χ4v) is 3.46. The number of fused-ring (bicyclic) bond motifs is 2. The van der Waals surface area contributed by atoms with E-state index in [-0.39, 0.29) is 16.9 Å². The Hall–Kier alpha value is -1.98. The van der Waals surface area contributed by atoms with E-state index in [0.717, 1.165) is 4.70 Å². The fourth-order valence-electron chi connectivity index (χ4n) is 2.30. The number of hydrogen-bond donors (Lipinski definition) is 0. The molecule has 2 heterocycles. The van der Waals surface area contributed by atoms with Crippen molar-refractivity contribution in [2.45, 2.75) is 6.10 Å². The Morgan fingerprint density at radius 3 is 2.90 bits per heavy atom. The molecule has 1 aliphatic heterocycles. The van der Waals surface area contributed by atoms with Crippen LogP contribution < -0.4 is 10.2 Å². The van der Waals surface area contributed by atoms with Crippen molar-refractivity contribution in [2.75, 3.05) is 13.2 Å². The number of rotatable bonds is 3. The van der Waals surface area contributed by atoms with Crippen LogP contribution >= 0.6 is 11.3 Å². The van der Waals surface area contributed by atoms with E-state index >= 15 is 0 Å². The van der Waals surface area contributed by atoms with E-state index in [0.29, 0.717) is 29.0 Å². The van der Waals surface area contributed by atoms with Crippen LogP contribution in [0.1, 0.15) is 0 Å². The summed E-state index contributed by atoms with van der Waals surface area (Å²) in [6.45, 7) is 1.12. The summed E-state index contributed by atoms with van der Waals surface area (Å²) in [6.07, 6.45) is 0.113. The van der Waals surface area contributed by atoms with Gasteiger partial charge in [-0.05, 0) is 24.3 Å². The third-order valence-electron chi connectivity index (χ3n) is 3.47. The Balaban J connectivity index is 1.98. The number of hydrogen-bond acceptors (Lipinski definition) is 4. The summed E-state index contributed by atoms with van der Waals surface area (Å²) in [5.74, 6) is 0.0294. The fraction of sp³-hybridized carbons (Fsp3) is 0.188. The van der Waals surface area contributed by atoms with Gasteiger partial charge in [-0.15, -0.1) is 11.3 Å². The Bertz CT molecular complexity index is 899. The van der Waals surface area contributed by atoms with E-state index in [2.05, 4.69) is 0 Å². The van der Waals surface area contributed by atoms with Crippen LogP contribution in [0.5, 0.6) is 5.75 Å². The molecule has 5 heteroatoms. The molecule has 1 atom stereocenters. The number of epoxide rings is 1. The Labute approximate surface area is 123 Å². The lowest BCUT2D eigenvalue weighted by Crippen LogP contribution is -2.07. The maximum atomic E-state index is 14.1. The van der Waals surface area contributed by atoms with Gasteiger partial charge in [0.2, 0.25) is 0 Å². The van der Waals surface area contributed by atoms with Crippen molar-refractivity contribution < 1.29 is 13.9 Å². The molecule has 0 radical (unpaired) electrons. The van der Waals surface area contributed by atoms with Crippen LogP contribution in [-0.4, -0.2) is 19.3 Å². The predicted molar refractivity (Wildman–Crippen MR) is 80.8 cm³/mol. The maximum Gasteiger partial charge on any atom is 0.198 e. The van der Waals surface area contributed by atoms with Crippen LogP contribution in [0.2, 0.25) is 0 Å². The molecule has 1 aliphatic rings. The molecule has 0 N–H and O–H groups in total. The normalized spacial score (nSPS) is 17.3. The Morgan fingerprint density at radius 2 is 2.10 bits per heavy atom. The number of benzene rings is 2. The van der Waals surface area contributed by atoms with Crippen molar-refractivity contribution in [1.29, 1.82) is 0 Å². The molecule has 0 saturated carbocycles. The van der Waals surface area contributed by atoms with Crippen LogP contribution in [0, 0.1) is 5.82 Å². The molecule has 1 aromatic heterocycles. The molecule has 3 aromatic rings. The molecule has 4 rings (SSSR count). The van der Waals surface area contributed by atoms with E-state index in [1.54, 1.807) is 18.2 Å². The molecule has 1 unspecified atom stereocenters. The van der Waals surface area contributed by atoms with Gasteiger partial charge in [-0.1, -0.05) is 12.1 Å². The van der Waals surface area contributed by atoms with E-state index in [1.807, 2.05) is 12.1 Å². The van der Waals surface area contributed by atoms with Crippen molar-refractivity contribution in [3.63, 3.8) is 0 Å². The van der Waals surface area contributed by atoms with Gasteiger partial charge in [-0.25, -0.2) is 4.39 Å². The minimum absolute atomic E-state index is 0.105. The zero-order valence-electron chi connectivity index (χ0n) is 11.0. The Kier molecular flexibility index (Phi) is 2.90. The highest BCUT2D eigenvalue weighted by molar-refractivity contribution is 7.24. The largest absolute Gasteiger partial charge is 0.489 e. The van der Waals surface area contributed by atoms with Gasteiger partial charge in [0.1, 0.15) is 24.3 Å². The van der Waals surface area contributed by atoms with E-state index < -0.39 is 5.82 Å². The summed E-state index contributed by atoms with van der Waals surface area (Å²) in [7, 11) is 0. The molecule has 0 aliphatic carbocycles. The molecular formula is C16H11FO3S. The summed E-state index contributed by atoms with van der Waals surface area (Å²) in [4.78, 5) is 12.5. The first-order valence-electron chi connectivity index (χ1n) is 6.62. The highest BCUT2D eigenvalue weighted by Gasteiger charge is 2.24. The summed E-state index contributed by atoms with van der Waals surface area (Å²) >= 11 is 1.37. The summed E-state index contributed by atoms with van der Waals surface area (Å²) < 4.78 is 26.3. The zero-order chi connectivity index (χ0) is 14.4. The molecule has 0 bridgehead atoms. The molecule has 3 nitrogen and oxygen atoms in total. The molecule has 21 heavy (non-hydrogen) atoms. The van der Waals surface area contributed by atoms with Gasteiger partial charge in [0.15, 0.2) is 5.43 Å². The number of ether oxygens (including phenoxy) is 2. The summed E-state index contributed by atoms with van der Waals surface area (Å²) in [6, 6.07) is 10.1. The van der Waals surface area contributed by atoms with Gasteiger partial charge in [0.05, 0.1) is 16.7 Å².